The highest BCUT2D eigenvalue weighted by Gasteiger charge is 2.15. The minimum Gasteiger partial charge on any atom is -0.423 e. The SMILES string of the molecule is O=C(Nc1cccc(-c2nnco2)c1)N(CCCO)Cc1cccnc1. The molecule has 26 heavy (non-hydrogen) atoms. The zero-order valence-corrected chi connectivity index (χ0v) is 14.1. The van der Waals surface area contributed by atoms with Crippen molar-refractivity contribution in [2.45, 2.75) is 13.0 Å². The topological polar surface area (TPSA) is 104 Å². The van der Waals surface area contributed by atoms with Gasteiger partial charge >= 0.3 is 6.03 Å². The van der Waals surface area contributed by atoms with Gasteiger partial charge in [-0.25, -0.2) is 4.79 Å². The van der Waals surface area contributed by atoms with Crippen molar-refractivity contribution in [3.8, 4) is 11.5 Å². The Kier molecular flexibility index (Phi) is 5.89. The number of rotatable bonds is 7. The third-order valence-electron chi connectivity index (χ3n) is 3.69. The fourth-order valence-electron chi connectivity index (χ4n) is 2.46. The summed E-state index contributed by atoms with van der Waals surface area (Å²) in [6.45, 7) is 0.854. The summed E-state index contributed by atoms with van der Waals surface area (Å²) in [4.78, 5) is 18.4. The number of amides is 2. The molecule has 2 N–H and O–H groups in total. The lowest BCUT2D eigenvalue weighted by atomic mass is 10.2. The van der Waals surface area contributed by atoms with E-state index in [0.29, 0.717) is 31.1 Å². The molecule has 3 aromatic rings. The Morgan fingerprint density at radius 1 is 1.27 bits per heavy atom. The molecule has 0 fully saturated rings. The van der Waals surface area contributed by atoms with E-state index >= 15 is 0 Å². The lowest BCUT2D eigenvalue weighted by molar-refractivity contribution is 0.199. The molecular formula is C18H19N5O3. The number of carbonyl (C=O) groups excluding carboxylic acids is 1. The average Bonchev–Trinajstić information content (AvgIpc) is 3.21. The molecular weight excluding hydrogens is 334 g/mol. The van der Waals surface area contributed by atoms with E-state index in [-0.39, 0.29) is 12.6 Å². The van der Waals surface area contributed by atoms with Gasteiger partial charge in [-0.15, -0.1) is 10.2 Å². The van der Waals surface area contributed by atoms with Crippen LogP contribution < -0.4 is 5.32 Å². The van der Waals surface area contributed by atoms with Gasteiger partial charge in [0, 0.05) is 43.3 Å². The number of anilines is 1. The van der Waals surface area contributed by atoms with Gasteiger partial charge in [-0.1, -0.05) is 12.1 Å². The zero-order chi connectivity index (χ0) is 18.2. The highest BCUT2D eigenvalue weighted by atomic mass is 16.4. The molecule has 0 aliphatic rings. The number of hydrogen-bond acceptors (Lipinski definition) is 6. The Morgan fingerprint density at radius 2 is 2.19 bits per heavy atom. The van der Waals surface area contributed by atoms with Gasteiger partial charge in [-0.05, 0) is 36.2 Å². The number of benzene rings is 1. The summed E-state index contributed by atoms with van der Waals surface area (Å²) in [6, 6.07) is 10.6. The number of urea groups is 1. The van der Waals surface area contributed by atoms with E-state index in [2.05, 4.69) is 20.5 Å². The number of aliphatic hydroxyl groups is 1. The highest BCUT2D eigenvalue weighted by Crippen LogP contribution is 2.20. The van der Waals surface area contributed by atoms with E-state index in [9.17, 15) is 4.79 Å². The maximum Gasteiger partial charge on any atom is 0.322 e. The van der Waals surface area contributed by atoms with Gasteiger partial charge in [-0.2, -0.15) is 0 Å². The fourth-order valence-corrected chi connectivity index (χ4v) is 2.46. The minimum atomic E-state index is -0.259. The van der Waals surface area contributed by atoms with Crippen molar-refractivity contribution in [1.82, 2.24) is 20.1 Å². The molecule has 0 spiro atoms. The second-order valence-corrected chi connectivity index (χ2v) is 5.61. The molecule has 0 aliphatic carbocycles. The van der Waals surface area contributed by atoms with Crippen LogP contribution in [0, 0.1) is 0 Å². The summed E-state index contributed by atoms with van der Waals surface area (Å²) in [5.74, 6) is 0.383. The van der Waals surface area contributed by atoms with Crippen molar-refractivity contribution >= 4 is 11.7 Å². The number of hydrogen-bond donors (Lipinski definition) is 2. The van der Waals surface area contributed by atoms with Crippen molar-refractivity contribution in [2.24, 2.45) is 0 Å². The second kappa shape index (κ2) is 8.72. The first-order chi connectivity index (χ1) is 12.8. The van der Waals surface area contributed by atoms with Gasteiger partial charge in [-0.3, -0.25) is 4.98 Å². The Labute approximate surface area is 150 Å². The van der Waals surface area contributed by atoms with Crippen LogP contribution in [0.2, 0.25) is 0 Å². The predicted molar refractivity (Wildman–Crippen MR) is 95.1 cm³/mol. The fraction of sp³-hybridized carbons (Fsp3) is 0.222. The Bertz CT molecular complexity index is 824. The molecule has 8 heteroatoms. The molecule has 0 atom stereocenters. The smallest absolute Gasteiger partial charge is 0.322 e. The van der Waals surface area contributed by atoms with Gasteiger partial charge in [0.15, 0.2) is 0 Å². The number of nitrogens with one attached hydrogen (secondary N) is 1. The number of pyridine rings is 1. The molecule has 2 heterocycles. The van der Waals surface area contributed by atoms with Crippen LogP contribution in [0.3, 0.4) is 0 Å². The first-order valence-corrected chi connectivity index (χ1v) is 8.18. The van der Waals surface area contributed by atoms with Crippen LogP contribution in [-0.2, 0) is 6.54 Å². The minimum absolute atomic E-state index is 0.0173. The van der Waals surface area contributed by atoms with E-state index in [0.717, 1.165) is 11.1 Å². The summed E-state index contributed by atoms with van der Waals surface area (Å²) in [5, 5.41) is 19.5. The van der Waals surface area contributed by atoms with Gasteiger partial charge in [0.1, 0.15) is 0 Å². The molecule has 0 unspecified atom stereocenters. The van der Waals surface area contributed by atoms with E-state index in [1.807, 2.05) is 18.2 Å². The third kappa shape index (κ3) is 4.64. The van der Waals surface area contributed by atoms with Crippen LogP contribution >= 0.6 is 0 Å². The van der Waals surface area contributed by atoms with Crippen LogP contribution in [0.25, 0.3) is 11.5 Å². The molecule has 2 aromatic heterocycles. The highest BCUT2D eigenvalue weighted by molar-refractivity contribution is 5.90. The van der Waals surface area contributed by atoms with Crippen LogP contribution in [0.1, 0.15) is 12.0 Å². The third-order valence-corrected chi connectivity index (χ3v) is 3.69. The summed E-state index contributed by atoms with van der Waals surface area (Å²) in [5.41, 5.74) is 2.25. The predicted octanol–water partition coefficient (Wildman–Crippen LogP) is 2.55. The number of aliphatic hydroxyl groups excluding tert-OH is 1. The van der Waals surface area contributed by atoms with Gasteiger partial charge in [0.05, 0.1) is 0 Å². The van der Waals surface area contributed by atoms with Gasteiger partial charge < -0.3 is 19.7 Å². The van der Waals surface area contributed by atoms with Crippen LogP contribution in [0.4, 0.5) is 10.5 Å². The lowest BCUT2D eigenvalue weighted by Crippen LogP contribution is -2.35. The molecule has 0 saturated heterocycles. The van der Waals surface area contributed by atoms with Gasteiger partial charge in [0.2, 0.25) is 12.3 Å². The molecule has 1 aromatic carbocycles. The summed E-state index contributed by atoms with van der Waals surface area (Å²) in [6.07, 6.45) is 5.15. The molecule has 0 saturated carbocycles. The van der Waals surface area contributed by atoms with Crippen LogP contribution in [-0.4, -0.2) is 44.4 Å². The maximum atomic E-state index is 12.7. The number of aromatic nitrogens is 3. The van der Waals surface area contributed by atoms with Crippen LogP contribution in [0.5, 0.6) is 0 Å². The largest absolute Gasteiger partial charge is 0.423 e. The molecule has 8 nitrogen and oxygen atoms in total. The zero-order valence-electron chi connectivity index (χ0n) is 14.1. The number of carbonyl (C=O) groups is 1. The van der Waals surface area contributed by atoms with E-state index < -0.39 is 0 Å². The maximum absolute atomic E-state index is 12.7. The monoisotopic (exact) mass is 353 g/mol. The average molecular weight is 353 g/mol. The van der Waals surface area contributed by atoms with E-state index in [1.54, 1.807) is 35.5 Å². The quantitative estimate of drug-likeness (QED) is 0.676. The molecule has 0 aliphatic heterocycles. The molecule has 2 amide bonds. The Balaban J connectivity index is 1.71. The number of nitrogens with zero attached hydrogens (tertiary/aromatic N) is 4. The van der Waals surface area contributed by atoms with Gasteiger partial charge in [0.25, 0.3) is 0 Å². The van der Waals surface area contributed by atoms with Crippen molar-refractivity contribution in [3.63, 3.8) is 0 Å². The summed E-state index contributed by atoms with van der Waals surface area (Å²) < 4.78 is 5.18. The first kappa shape index (κ1) is 17.6. The van der Waals surface area contributed by atoms with Crippen molar-refractivity contribution < 1.29 is 14.3 Å². The Morgan fingerprint density at radius 3 is 2.92 bits per heavy atom. The molecule has 3 rings (SSSR count). The summed E-state index contributed by atoms with van der Waals surface area (Å²) >= 11 is 0. The Hall–Kier alpha value is -3.26. The molecule has 134 valence electrons. The molecule has 0 bridgehead atoms. The summed E-state index contributed by atoms with van der Waals surface area (Å²) in [7, 11) is 0. The standard InChI is InChI=1S/C18H19N5O3/c24-9-3-8-23(12-14-4-2-7-19-11-14)18(25)21-16-6-1-5-15(10-16)17-22-20-13-26-17/h1-2,4-7,10-11,13,24H,3,8-9,12H2,(H,21,25). The van der Waals surface area contributed by atoms with E-state index in [4.69, 9.17) is 9.52 Å². The van der Waals surface area contributed by atoms with E-state index in [1.165, 1.54) is 6.39 Å². The van der Waals surface area contributed by atoms with Crippen molar-refractivity contribution in [3.05, 3.63) is 60.7 Å². The molecule has 0 radical (unpaired) electrons. The van der Waals surface area contributed by atoms with Crippen LogP contribution in [0.15, 0.2) is 59.6 Å². The van der Waals surface area contributed by atoms with Crippen molar-refractivity contribution in [1.29, 1.82) is 0 Å². The normalized spacial score (nSPS) is 10.5. The van der Waals surface area contributed by atoms with Crippen molar-refractivity contribution in [2.75, 3.05) is 18.5 Å². The second-order valence-electron chi connectivity index (χ2n) is 5.61. The first-order valence-electron chi connectivity index (χ1n) is 8.18. The lowest BCUT2D eigenvalue weighted by Gasteiger charge is -2.23.